The minimum Gasteiger partial charge on any atom is -0.347 e. The van der Waals surface area contributed by atoms with Gasteiger partial charge in [0.1, 0.15) is 17.6 Å². The Morgan fingerprint density at radius 2 is 2.54 bits per heavy atom. The van der Waals surface area contributed by atoms with Gasteiger partial charge in [0, 0.05) is 17.8 Å². The van der Waals surface area contributed by atoms with E-state index in [1.807, 2.05) is 0 Å². The SMILES string of the molecule is N=c1cc2n(cn1)CC(C=O)=CN2. The molecule has 0 aliphatic carbocycles. The Labute approximate surface area is 74.2 Å². The van der Waals surface area contributed by atoms with E-state index in [2.05, 4.69) is 10.3 Å². The van der Waals surface area contributed by atoms with Crippen LogP contribution in [0.4, 0.5) is 5.82 Å². The molecule has 0 radical (unpaired) electrons. The quantitative estimate of drug-likeness (QED) is 0.585. The van der Waals surface area contributed by atoms with Crippen molar-refractivity contribution in [3.05, 3.63) is 29.7 Å². The van der Waals surface area contributed by atoms with Crippen LogP contribution in [0, 0.1) is 5.41 Å². The number of aldehydes is 1. The average Bonchev–Trinajstić information content (AvgIpc) is 2.17. The van der Waals surface area contributed by atoms with E-state index in [1.54, 1.807) is 23.2 Å². The van der Waals surface area contributed by atoms with Gasteiger partial charge in [0.25, 0.3) is 0 Å². The van der Waals surface area contributed by atoms with Crippen LogP contribution in [0.2, 0.25) is 0 Å². The first kappa shape index (κ1) is 7.72. The van der Waals surface area contributed by atoms with Crippen LogP contribution in [0.3, 0.4) is 0 Å². The summed E-state index contributed by atoms with van der Waals surface area (Å²) in [5, 5.41) is 10.2. The molecule has 0 fully saturated rings. The minimum atomic E-state index is 0.210. The van der Waals surface area contributed by atoms with Gasteiger partial charge in [0.2, 0.25) is 0 Å². The molecule has 1 aromatic rings. The van der Waals surface area contributed by atoms with Gasteiger partial charge in [-0.2, -0.15) is 0 Å². The molecule has 0 bridgehead atoms. The monoisotopic (exact) mass is 176 g/mol. The van der Waals surface area contributed by atoms with Crippen molar-refractivity contribution in [1.29, 1.82) is 5.41 Å². The molecule has 0 saturated heterocycles. The highest BCUT2D eigenvalue weighted by atomic mass is 16.1. The van der Waals surface area contributed by atoms with Gasteiger partial charge in [-0.1, -0.05) is 0 Å². The van der Waals surface area contributed by atoms with E-state index in [9.17, 15) is 4.79 Å². The first-order chi connectivity index (χ1) is 6.29. The molecule has 13 heavy (non-hydrogen) atoms. The van der Waals surface area contributed by atoms with Crippen LogP contribution in [0.1, 0.15) is 0 Å². The summed E-state index contributed by atoms with van der Waals surface area (Å²) < 4.78 is 1.78. The van der Waals surface area contributed by atoms with E-state index in [0.717, 1.165) is 12.1 Å². The van der Waals surface area contributed by atoms with Crippen LogP contribution in [0.15, 0.2) is 24.2 Å². The summed E-state index contributed by atoms with van der Waals surface area (Å²) in [6, 6.07) is 1.61. The number of carbonyl (C=O) groups is 1. The third-order valence-corrected chi connectivity index (χ3v) is 1.83. The molecule has 0 saturated carbocycles. The number of hydrogen-bond donors (Lipinski definition) is 2. The topological polar surface area (TPSA) is 70.8 Å². The fourth-order valence-corrected chi connectivity index (χ4v) is 1.17. The third kappa shape index (κ3) is 1.35. The van der Waals surface area contributed by atoms with Crippen molar-refractivity contribution in [3.63, 3.8) is 0 Å². The summed E-state index contributed by atoms with van der Waals surface area (Å²) in [6.07, 6.45) is 3.99. The van der Waals surface area contributed by atoms with Crippen LogP contribution >= 0.6 is 0 Å². The van der Waals surface area contributed by atoms with Gasteiger partial charge in [-0.15, -0.1) is 0 Å². The Bertz CT molecular complexity index is 432. The van der Waals surface area contributed by atoms with Crippen molar-refractivity contribution >= 4 is 12.1 Å². The van der Waals surface area contributed by atoms with E-state index >= 15 is 0 Å². The van der Waals surface area contributed by atoms with Gasteiger partial charge in [-0.3, -0.25) is 10.2 Å². The first-order valence-corrected chi connectivity index (χ1v) is 3.81. The van der Waals surface area contributed by atoms with E-state index in [-0.39, 0.29) is 5.49 Å². The molecule has 2 heterocycles. The zero-order valence-electron chi connectivity index (χ0n) is 6.82. The maximum absolute atomic E-state index is 10.5. The standard InChI is InChI=1S/C8H8N4O/c9-7-1-8-10-2-6(4-13)3-12(8)5-11-7/h1-2,4-5,9-10H,3H2. The minimum absolute atomic E-state index is 0.210. The second kappa shape index (κ2) is 2.85. The number of carbonyl (C=O) groups excluding carboxylic acids is 1. The number of anilines is 1. The molecule has 0 aromatic carbocycles. The number of hydrogen-bond acceptors (Lipinski definition) is 4. The highest BCUT2D eigenvalue weighted by Crippen LogP contribution is 2.11. The Morgan fingerprint density at radius 3 is 3.31 bits per heavy atom. The zero-order chi connectivity index (χ0) is 9.26. The summed E-state index contributed by atoms with van der Waals surface area (Å²) in [5.41, 5.74) is 0.874. The smallest absolute Gasteiger partial charge is 0.149 e. The van der Waals surface area contributed by atoms with Crippen LogP contribution in [-0.2, 0) is 11.3 Å². The summed E-state index contributed by atoms with van der Waals surface area (Å²) in [6.45, 7) is 0.513. The molecular formula is C8H8N4O. The summed E-state index contributed by atoms with van der Waals surface area (Å²) >= 11 is 0. The van der Waals surface area contributed by atoms with Crippen molar-refractivity contribution in [2.24, 2.45) is 0 Å². The van der Waals surface area contributed by atoms with Gasteiger partial charge in [0.05, 0.1) is 12.9 Å². The first-order valence-electron chi connectivity index (χ1n) is 3.81. The number of fused-ring (bicyclic) bond motifs is 1. The van der Waals surface area contributed by atoms with E-state index in [4.69, 9.17) is 5.41 Å². The van der Waals surface area contributed by atoms with E-state index in [1.165, 1.54) is 0 Å². The molecular weight excluding hydrogens is 168 g/mol. The lowest BCUT2D eigenvalue weighted by Gasteiger charge is -2.17. The Hall–Kier alpha value is -1.91. The van der Waals surface area contributed by atoms with Crippen molar-refractivity contribution in [2.75, 3.05) is 5.32 Å². The Balaban J connectivity index is 2.43. The number of nitrogens with one attached hydrogen (secondary N) is 2. The van der Waals surface area contributed by atoms with Crippen LogP contribution in [0.25, 0.3) is 0 Å². The predicted octanol–water partition coefficient (Wildman–Crippen LogP) is -0.129. The molecule has 0 spiro atoms. The summed E-state index contributed by atoms with van der Waals surface area (Å²) in [7, 11) is 0. The van der Waals surface area contributed by atoms with Gasteiger partial charge < -0.3 is 9.88 Å². The lowest BCUT2D eigenvalue weighted by atomic mass is 10.3. The summed E-state index contributed by atoms with van der Waals surface area (Å²) in [5.74, 6) is 0.783. The second-order valence-electron chi connectivity index (χ2n) is 2.77. The molecule has 1 aliphatic rings. The maximum Gasteiger partial charge on any atom is 0.149 e. The summed E-state index contributed by atoms with van der Waals surface area (Å²) in [4.78, 5) is 14.3. The molecule has 0 unspecified atom stereocenters. The predicted molar refractivity (Wildman–Crippen MR) is 45.9 cm³/mol. The highest BCUT2D eigenvalue weighted by molar-refractivity contribution is 5.74. The van der Waals surface area contributed by atoms with Crippen LogP contribution in [0.5, 0.6) is 0 Å². The van der Waals surface area contributed by atoms with E-state index < -0.39 is 0 Å². The molecule has 5 nitrogen and oxygen atoms in total. The number of rotatable bonds is 1. The number of aromatic nitrogens is 2. The molecule has 1 aliphatic heterocycles. The molecule has 2 rings (SSSR count). The van der Waals surface area contributed by atoms with Crippen LogP contribution < -0.4 is 10.8 Å². The number of allylic oxidation sites excluding steroid dienone is 1. The largest absolute Gasteiger partial charge is 0.347 e. The van der Waals surface area contributed by atoms with Crippen molar-refractivity contribution < 1.29 is 4.79 Å². The zero-order valence-corrected chi connectivity index (χ0v) is 6.82. The molecule has 0 amide bonds. The van der Waals surface area contributed by atoms with Gasteiger partial charge in [0.15, 0.2) is 0 Å². The molecule has 1 aromatic heterocycles. The van der Waals surface area contributed by atoms with Crippen molar-refractivity contribution in [2.45, 2.75) is 6.54 Å². The maximum atomic E-state index is 10.5. The fraction of sp³-hybridized carbons (Fsp3) is 0.125. The lowest BCUT2D eigenvalue weighted by Crippen LogP contribution is -2.19. The van der Waals surface area contributed by atoms with Gasteiger partial charge >= 0.3 is 0 Å². The number of nitrogens with zero attached hydrogens (tertiary/aromatic N) is 2. The molecule has 5 heteroatoms. The molecule has 66 valence electrons. The Kier molecular flexibility index (Phi) is 1.70. The lowest BCUT2D eigenvalue weighted by molar-refractivity contribution is -0.105. The third-order valence-electron chi connectivity index (χ3n) is 1.83. The van der Waals surface area contributed by atoms with Crippen molar-refractivity contribution in [3.8, 4) is 0 Å². The Morgan fingerprint density at radius 1 is 1.69 bits per heavy atom. The fourth-order valence-electron chi connectivity index (χ4n) is 1.17. The van der Waals surface area contributed by atoms with Crippen LogP contribution in [-0.4, -0.2) is 15.8 Å². The van der Waals surface area contributed by atoms with Crippen molar-refractivity contribution in [1.82, 2.24) is 9.55 Å². The molecule has 0 atom stereocenters. The van der Waals surface area contributed by atoms with Gasteiger partial charge in [-0.25, -0.2) is 4.98 Å². The molecule has 2 N–H and O–H groups in total. The van der Waals surface area contributed by atoms with E-state index in [0.29, 0.717) is 12.1 Å². The van der Waals surface area contributed by atoms with Gasteiger partial charge in [-0.05, 0) is 0 Å². The second-order valence-corrected chi connectivity index (χ2v) is 2.77. The highest BCUT2D eigenvalue weighted by Gasteiger charge is 2.07. The normalized spacial score (nSPS) is 14.0. The average molecular weight is 176 g/mol.